The zero-order valence-corrected chi connectivity index (χ0v) is 59.2. The molecule has 16 aromatic carbocycles. The minimum Gasteiger partial charge on any atom is -0.311 e. The molecule has 20 rings (SSSR count). The Bertz CT molecular complexity index is 6210. The van der Waals surface area contributed by atoms with Gasteiger partial charge in [-0.15, -0.1) is 0 Å². The van der Waals surface area contributed by atoms with Gasteiger partial charge in [0.25, 0.3) is 6.71 Å². The van der Waals surface area contributed by atoms with E-state index in [9.17, 15) is 0 Å². The molecular formula is C100H72BN5. The van der Waals surface area contributed by atoms with Crippen LogP contribution in [-0.2, 0) is 5.41 Å². The maximum atomic E-state index is 2.70. The van der Waals surface area contributed by atoms with E-state index >= 15 is 0 Å². The number of nitrogens with zero attached hydrogens (tertiary/aromatic N) is 5. The number of para-hydroxylation sites is 5. The number of fused-ring (bicyclic) bond motifs is 10. The molecule has 0 aliphatic carbocycles. The van der Waals surface area contributed by atoms with E-state index in [1.54, 1.807) is 0 Å². The average Bonchev–Trinajstić information content (AvgIpc) is 0.701. The highest BCUT2D eigenvalue weighted by molar-refractivity contribution is 7.00. The molecule has 0 unspecified atom stereocenters. The van der Waals surface area contributed by atoms with Gasteiger partial charge in [-0.2, -0.15) is 0 Å². The van der Waals surface area contributed by atoms with Crippen LogP contribution in [-0.4, -0.2) is 15.8 Å². The maximum absolute atomic E-state index is 2.70. The van der Waals surface area contributed by atoms with E-state index in [-0.39, 0.29) is 12.1 Å². The van der Waals surface area contributed by atoms with Gasteiger partial charge in [0.15, 0.2) is 0 Å². The maximum Gasteiger partial charge on any atom is 0.252 e. The van der Waals surface area contributed by atoms with Gasteiger partial charge in [-0.05, 0) is 193 Å². The fourth-order valence-electron chi connectivity index (χ4n) is 17.1. The Morgan fingerprint density at radius 3 is 1.15 bits per heavy atom. The molecule has 0 amide bonds. The second-order valence-electron chi connectivity index (χ2n) is 29.2. The Kier molecular flexibility index (Phi) is 14.8. The molecule has 0 fully saturated rings. The van der Waals surface area contributed by atoms with E-state index < -0.39 is 0 Å². The Morgan fingerprint density at radius 2 is 0.651 bits per heavy atom. The smallest absolute Gasteiger partial charge is 0.252 e. The van der Waals surface area contributed by atoms with Crippen molar-refractivity contribution < 1.29 is 0 Å². The summed E-state index contributed by atoms with van der Waals surface area (Å²) in [5.74, 6) is 0. The van der Waals surface area contributed by atoms with Crippen molar-refractivity contribution in [2.45, 2.75) is 26.2 Å². The lowest BCUT2D eigenvalue weighted by molar-refractivity contribution is 0.591. The van der Waals surface area contributed by atoms with Crippen molar-refractivity contribution in [1.82, 2.24) is 9.13 Å². The van der Waals surface area contributed by atoms with Crippen LogP contribution in [0.5, 0.6) is 0 Å². The van der Waals surface area contributed by atoms with Gasteiger partial charge in [0.05, 0.1) is 33.4 Å². The highest BCUT2D eigenvalue weighted by atomic mass is 15.2. The number of benzene rings is 16. The van der Waals surface area contributed by atoms with Crippen LogP contribution in [0.1, 0.15) is 26.3 Å². The van der Waals surface area contributed by atoms with E-state index in [2.05, 4.69) is 427 Å². The number of hydrogen-bond acceptors (Lipinski definition) is 3. The third-order valence-corrected chi connectivity index (χ3v) is 21.9. The minimum atomic E-state index is -0.253. The molecule has 0 saturated heterocycles. The monoisotopic (exact) mass is 1350 g/mol. The summed E-state index contributed by atoms with van der Waals surface area (Å²) >= 11 is 0. The molecule has 18 aromatic rings. The van der Waals surface area contributed by atoms with Gasteiger partial charge in [0.1, 0.15) is 0 Å². The van der Waals surface area contributed by atoms with Crippen LogP contribution in [0, 0.1) is 0 Å². The molecular weight excluding hydrogens is 1280 g/mol. The van der Waals surface area contributed by atoms with Crippen molar-refractivity contribution in [2.75, 3.05) is 14.7 Å². The van der Waals surface area contributed by atoms with Gasteiger partial charge in [-0.25, -0.2) is 0 Å². The first kappa shape index (κ1) is 62.4. The van der Waals surface area contributed by atoms with E-state index in [1.807, 2.05) is 0 Å². The van der Waals surface area contributed by atoms with Crippen LogP contribution in [0.25, 0.3) is 111 Å². The standard InChI is InChI=1S/C100H72BN5/c1-100(2,3)75-61-85(70-37-17-7-18-38-70)99(86(62-75)71-39-19-8-20-40-71)106-94-60-72(67-31-11-4-12-32-67)51-54-88(94)101-89-55-52-79(103-92-50-30-27-47-84(92)87-63-78(53-56-93(87)103)102(76-41-21-9-22-42-76)77-43-23-10-24-44-77)64-95(89)105(80-58-73(68-33-13-5-14-34-68)57-74(59-80)69-35-15-6-16-36-69)96-65-81(66-97(106)98(96)101)104-90-48-28-25-45-82(90)83-46-26-29-49-91(83)104/h4-66H,1-3H3. The normalized spacial score (nSPS) is 12.4. The number of rotatable bonds is 12. The van der Waals surface area contributed by atoms with Crippen molar-refractivity contribution >= 4 is 118 Å². The Labute approximate surface area is 618 Å². The summed E-state index contributed by atoms with van der Waals surface area (Å²) in [6, 6.07) is 143. The summed E-state index contributed by atoms with van der Waals surface area (Å²) in [7, 11) is 0. The van der Waals surface area contributed by atoms with Crippen molar-refractivity contribution in [3.63, 3.8) is 0 Å². The van der Waals surface area contributed by atoms with Crippen molar-refractivity contribution in [3.05, 3.63) is 388 Å². The lowest BCUT2D eigenvalue weighted by Crippen LogP contribution is -2.61. The van der Waals surface area contributed by atoms with Crippen molar-refractivity contribution in [3.8, 4) is 67.0 Å². The molecule has 0 atom stereocenters. The molecule has 106 heavy (non-hydrogen) atoms. The number of anilines is 9. The zero-order valence-electron chi connectivity index (χ0n) is 59.2. The highest BCUT2D eigenvalue weighted by Gasteiger charge is 2.46. The molecule has 4 heterocycles. The Morgan fingerprint density at radius 1 is 0.255 bits per heavy atom. The van der Waals surface area contributed by atoms with Crippen LogP contribution in [0.4, 0.5) is 51.2 Å². The largest absolute Gasteiger partial charge is 0.311 e. The topological polar surface area (TPSA) is 19.6 Å². The van der Waals surface area contributed by atoms with Gasteiger partial charge >= 0.3 is 0 Å². The highest BCUT2D eigenvalue weighted by Crippen LogP contribution is 2.54. The summed E-state index contributed by atoms with van der Waals surface area (Å²) in [4.78, 5) is 7.71. The van der Waals surface area contributed by atoms with E-state index in [1.165, 1.54) is 43.5 Å². The molecule has 2 aliphatic rings. The lowest BCUT2D eigenvalue weighted by atomic mass is 9.33. The molecule has 0 radical (unpaired) electrons. The van der Waals surface area contributed by atoms with Crippen LogP contribution in [0.15, 0.2) is 382 Å². The first-order valence-electron chi connectivity index (χ1n) is 36.8. The Balaban J connectivity index is 0.935. The molecule has 2 aliphatic heterocycles. The summed E-state index contributed by atoms with van der Waals surface area (Å²) in [6.45, 7) is 6.79. The predicted molar refractivity (Wildman–Crippen MR) is 450 cm³/mol. The molecule has 0 saturated carbocycles. The fourth-order valence-corrected chi connectivity index (χ4v) is 17.1. The Hall–Kier alpha value is -13.4. The number of aromatic nitrogens is 2. The fraction of sp³-hybridized carbons (Fsp3) is 0.0400. The summed E-state index contributed by atoms with van der Waals surface area (Å²) in [5, 5.41) is 4.76. The molecule has 0 spiro atoms. The van der Waals surface area contributed by atoms with Crippen LogP contribution in [0.2, 0.25) is 0 Å². The minimum absolute atomic E-state index is 0.198. The predicted octanol–water partition coefficient (Wildman–Crippen LogP) is 25.1. The van der Waals surface area contributed by atoms with Crippen LogP contribution >= 0.6 is 0 Å². The van der Waals surface area contributed by atoms with E-state index in [0.29, 0.717) is 0 Å². The van der Waals surface area contributed by atoms with Crippen LogP contribution < -0.4 is 31.1 Å². The quantitative estimate of drug-likeness (QED) is 0.114. The first-order chi connectivity index (χ1) is 52.2. The van der Waals surface area contributed by atoms with Gasteiger partial charge in [-0.1, -0.05) is 282 Å². The van der Waals surface area contributed by atoms with Gasteiger partial charge in [-0.3, -0.25) is 0 Å². The third kappa shape index (κ3) is 10.4. The molecule has 6 heteroatoms. The number of hydrogen-bond donors (Lipinski definition) is 0. The summed E-state index contributed by atoms with van der Waals surface area (Å²) in [5.41, 5.74) is 32.7. The van der Waals surface area contributed by atoms with Gasteiger partial charge in [0.2, 0.25) is 0 Å². The molecule has 2 aromatic heterocycles. The first-order valence-corrected chi connectivity index (χ1v) is 36.8. The molecule has 0 bridgehead atoms. The van der Waals surface area contributed by atoms with Crippen molar-refractivity contribution in [2.24, 2.45) is 0 Å². The SMILES string of the molecule is CC(C)(C)c1cc(-c2ccccc2)c(N2c3cc(-c4ccccc4)ccc3B3c4ccc(-n5c6ccccc6c6cc(N(c7ccccc7)c7ccccc7)ccc65)cc4N(c4cc(-c5ccccc5)cc(-c5ccccc5)c4)c4cc(-n5c6ccccc6c6ccccc65)cc2c43)c(-c2ccccc2)c1. The molecule has 5 nitrogen and oxygen atoms in total. The van der Waals surface area contributed by atoms with Gasteiger partial charge in [0, 0.05) is 83.9 Å². The van der Waals surface area contributed by atoms with Crippen LogP contribution in [0.3, 0.4) is 0 Å². The second kappa shape index (κ2) is 25.2. The van der Waals surface area contributed by atoms with Crippen molar-refractivity contribution in [1.29, 1.82) is 0 Å². The lowest BCUT2D eigenvalue weighted by Gasteiger charge is -2.45. The molecule has 500 valence electrons. The third-order valence-electron chi connectivity index (χ3n) is 21.9. The summed E-state index contributed by atoms with van der Waals surface area (Å²) < 4.78 is 5.04. The van der Waals surface area contributed by atoms with Gasteiger partial charge < -0.3 is 23.8 Å². The van der Waals surface area contributed by atoms with E-state index in [4.69, 9.17) is 0 Å². The summed E-state index contributed by atoms with van der Waals surface area (Å²) in [6.07, 6.45) is 0. The molecule has 0 N–H and O–H groups in total. The average molecular weight is 1350 g/mol. The second-order valence-corrected chi connectivity index (χ2v) is 29.2. The van der Waals surface area contributed by atoms with E-state index in [0.717, 1.165) is 140 Å². The zero-order chi connectivity index (χ0) is 70.6.